The second-order valence-electron chi connectivity index (χ2n) is 8.92. The number of morpholine rings is 1. The van der Waals surface area contributed by atoms with E-state index in [0.717, 1.165) is 25.2 Å². The second kappa shape index (κ2) is 12.3. The van der Waals surface area contributed by atoms with Crippen LogP contribution in [0.1, 0.15) is 25.5 Å². The molecule has 0 aliphatic carbocycles. The highest BCUT2D eigenvalue weighted by atomic mass is 16.6. The Labute approximate surface area is 214 Å². The summed E-state index contributed by atoms with van der Waals surface area (Å²) in [6.07, 6.45) is 0.606. The number of rotatable bonds is 8. The number of carbonyl (C=O) groups is 3. The van der Waals surface area contributed by atoms with Gasteiger partial charge in [0.1, 0.15) is 0 Å². The summed E-state index contributed by atoms with van der Waals surface area (Å²) in [6.45, 7) is 6.78. The molecule has 10 nitrogen and oxygen atoms in total. The predicted molar refractivity (Wildman–Crippen MR) is 136 cm³/mol. The minimum absolute atomic E-state index is 0.0496. The number of hydrogen-bond donors (Lipinski definition) is 1. The molecular formula is C27H30N4O6. The molecular weight excluding hydrogens is 476 g/mol. The Balaban J connectivity index is 1.23. The first-order valence-electron chi connectivity index (χ1n) is 12.1. The zero-order valence-corrected chi connectivity index (χ0v) is 20.8. The molecule has 1 saturated heterocycles. The summed E-state index contributed by atoms with van der Waals surface area (Å²) in [7, 11) is 0. The summed E-state index contributed by atoms with van der Waals surface area (Å²) < 4.78 is 17.5. The third-order valence-corrected chi connectivity index (χ3v) is 5.74. The molecule has 1 fully saturated rings. The summed E-state index contributed by atoms with van der Waals surface area (Å²) in [6, 6.07) is 17.3. The monoisotopic (exact) mass is 506 g/mol. The van der Waals surface area contributed by atoms with Crippen molar-refractivity contribution in [3.05, 3.63) is 72.3 Å². The zero-order chi connectivity index (χ0) is 26.2. The first-order chi connectivity index (χ1) is 17.9. The Morgan fingerprint density at radius 2 is 1.81 bits per heavy atom. The summed E-state index contributed by atoms with van der Waals surface area (Å²) in [5.41, 5.74) is 1.89. The van der Waals surface area contributed by atoms with Crippen LogP contribution in [0.2, 0.25) is 0 Å². The van der Waals surface area contributed by atoms with E-state index in [2.05, 4.69) is 27.4 Å². The highest BCUT2D eigenvalue weighted by molar-refractivity contribution is 5.97. The number of alkyl carbamates (subject to hydrolysis) is 1. The van der Waals surface area contributed by atoms with Gasteiger partial charge in [0.05, 0.1) is 29.7 Å². The van der Waals surface area contributed by atoms with Crippen LogP contribution >= 0.6 is 0 Å². The van der Waals surface area contributed by atoms with Crippen LogP contribution in [0, 0.1) is 0 Å². The molecule has 37 heavy (non-hydrogen) atoms. The third kappa shape index (κ3) is 7.25. The molecule has 1 aromatic heterocycles. The molecule has 4 rings (SSSR count). The quantitative estimate of drug-likeness (QED) is 0.282. The van der Waals surface area contributed by atoms with E-state index in [1.807, 2.05) is 50.2 Å². The lowest BCUT2D eigenvalue weighted by molar-refractivity contribution is -0.133. The van der Waals surface area contributed by atoms with E-state index in [1.165, 1.54) is 5.56 Å². The maximum absolute atomic E-state index is 12.3. The van der Waals surface area contributed by atoms with Crippen molar-refractivity contribution in [2.24, 2.45) is 0 Å². The lowest BCUT2D eigenvalue weighted by Gasteiger charge is -2.32. The molecule has 2 heterocycles. The van der Waals surface area contributed by atoms with Crippen molar-refractivity contribution in [3.8, 4) is 5.88 Å². The van der Waals surface area contributed by atoms with Gasteiger partial charge in [-0.05, 0) is 31.5 Å². The first kappa shape index (κ1) is 26.1. The molecule has 1 unspecified atom stereocenters. The number of benzene rings is 2. The molecule has 1 amide bonds. The molecule has 1 N–H and O–H groups in total. The number of nitrogens with zero attached hydrogens (tertiary/aromatic N) is 3. The van der Waals surface area contributed by atoms with Gasteiger partial charge < -0.3 is 19.5 Å². The maximum Gasteiger partial charge on any atom is 0.415 e. The number of amides is 1. The highest BCUT2D eigenvalue weighted by Crippen LogP contribution is 2.28. The van der Waals surface area contributed by atoms with E-state index in [-0.39, 0.29) is 24.6 Å². The molecule has 1 atom stereocenters. The standard InChI is InChI=1S/C27H30N4O6/c1-19(2)31-26(22-10-6-7-11-23(22)29-31)36-24(32)12-13-25(33)37-27(34)28-16-21-18-30(14-15-35-21)17-20-8-4-3-5-9-20/h3-13,19,21H,14-18H2,1-2H3,(H,28,34)/b13-12+. The predicted octanol–water partition coefficient (Wildman–Crippen LogP) is 3.23. The number of ether oxygens (including phenoxy) is 3. The summed E-state index contributed by atoms with van der Waals surface area (Å²) in [5, 5.41) is 7.65. The van der Waals surface area contributed by atoms with Gasteiger partial charge in [-0.2, -0.15) is 5.10 Å². The molecule has 10 heteroatoms. The van der Waals surface area contributed by atoms with Crippen LogP contribution in [0.3, 0.4) is 0 Å². The van der Waals surface area contributed by atoms with Gasteiger partial charge in [-0.25, -0.2) is 19.1 Å². The first-order valence-corrected chi connectivity index (χ1v) is 12.1. The van der Waals surface area contributed by atoms with Crippen LogP contribution in [0.4, 0.5) is 4.79 Å². The highest BCUT2D eigenvalue weighted by Gasteiger charge is 2.22. The van der Waals surface area contributed by atoms with Gasteiger partial charge in [0, 0.05) is 38.3 Å². The Morgan fingerprint density at radius 1 is 1.08 bits per heavy atom. The molecule has 1 aliphatic rings. The van der Waals surface area contributed by atoms with Crippen LogP contribution in [-0.2, 0) is 25.6 Å². The molecule has 2 aromatic carbocycles. The fourth-order valence-electron chi connectivity index (χ4n) is 3.99. The summed E-state index contributed by atoms with van der Waals surface area (Å²) >= 11 is 0. The lowest BCUT2D eigenvalue weighted by Crippen LogP contribution is -2.47. The van der Waals surface area contributed by atoms with Crippen molar-refractivity contribution in [1.82, 2.24) is 20.0 Å². The minimum Gasteiger partial charge on any atom is -0.404 e. The van der Waals surface area contributed by atoms with Crippen molar-refractivity contribution in [1.29, 1.82) is 0 Å². The van der Waals surface area contributed by atoms with Gasteiger partial charge in [0.15, 0.2) is 0 Å². The second-order valence-corrected chi connectivity index (χ2v) is 8.92. The van der Waals surface area contributed by atoms with E-state index in [0.29, 0.717) is 24.1 Å². The van der Waals surface area contributed by atoms with Gasteiger partial charge in [-0.15, -0.1) is 0 Å². The van der Waals surface area contributed by atoms with Gasteiger partial charge in [0.2, 0.25) is 5.88 Å². The number of carbonyl (C=O) groups excluding carboxylic acids is 3. The normalized spacial score (nSPS) is 16.2. The van der Waals surface area contributed by atoms with Crippen LogP contribution < -0.4 is 10.1 Å². The summed E-state index contributed by atoms with van der Waals surface area (Å²) in [5.74, 6) is -1.51. The molecule has 0 radical (unpaired) electrons. The van der Waals surface area contributed by atoms with Crippen molar-refractivity contribution < 1.29 is 28.6 Å². The van der Waals surface area contributed by atoms with Crippen molar-refractivity contribution in [3.63, 3.8) is 0 Å². The van der Waals surface area contributed by atoms with Crippen LogP contribution in [-0.4, -0.2) is 65.1 Å². The minimum atomic E-state index is -0.994. The lowest BCUT2D eigenvalue weighted by atomic mass is 10.2. The largest absolute Gasteiger partial charge is 0.415 e. The number of hydrogen-bond acceptors (Lipinski definition) is 8. The van der Waals surface area contributed by atoms with Gasteiger partial charge in [-0.1, -0.05) is 42.5 Å². The Bertz CT molecular complexity index is 1270. The maximum atomic E-state index is 12.3. The fraction of sp³-hybridized carbons (Fsp3) is 0.333. The number of esters is 2. The SMILES string of the molecule is CC(C)n1nc2ccccc2c1OC(=O)/C=C/C(=O)OC(=O)NCC1CN(Cc2ccccc2)CCO1. The van der Waals surface area contributed by atoms with Crippen molar-refractivity contribution >= 4 is 28.9 Å². The average Bonchev–Trinajstić information content (AvgIpc) is 3.26. The van der Waals surface area contributed by atoms with Crippen LogP contribution in [0.25, 0.3) is 10.9 Å². The molecule has 0 saturated carbocycles. The third-order valence-electron chi connectivity index (χ3n) is 5.74. The van der Waals surface area contributed by atoms with Crippen LogP contribution in [0.5, 0.6) is 5.88 Å². The topological polar surface area (TPSA) is 112 Å². The molecule has 0 spiro atoms. The van der Waals surface area contributed by atoms with Gasteiger partial charge >= 0.3 is 18.0 Å². The Morgan fingerprint density at radius 3 is 2.59 bits per heavy atom. The number of fused-ring (bicyclic) bond motifs is 1. The van der Waals surface area contributed by atoms with E-state index in [4.69, 9.17) is 14.2 Å². The van der Waals surface area contributed by atoms with E-state index >= 15 is 0 Å². The Kier molecular flexibility index (Phi) is 8.65. The average molecular weight is 507 g/mol. The summed E-state index contributed by atoms with van der Waals surface area (Å²) in [4.78, 5) is 38.6. The van der Waals surface area contributed by atoms with Crippen LogP contribution in [0.15, 0.2) is 66.7 Å². The number of aromatic nitrogens is 2. The molecule has 1 aliphatic heterocycles. The smallest absolute Gasteiger partial charge is 0.404 e. The molecule has 194 valence electrons. The number of nitrogens with one attached hydrogen (secondary N) is 1. The fourth-order valence-corrected chi connectivity index (χ4v) is 3.99. The van der Waals surface area contributed by atoms with Crippen molar-refractivity contribution in [2.45, 2.75) is 32.5 Å². The molecule has 0 bridgehead atoms. The van der Waals surface area contributed by atoms with Crippen molar-refractivity contribution in [2.75, 3.05) is 26.2 Å². The van der Waals surface area contributed by atoms with Gasteiger partial charge in [-0.3, -0.25) is 4.90 Å². The van der Waals surface area contributed by atoms with E-state index < -0.39 is 18.0 Å². The van der Waals surface area contributed by atoms with E-state index in [9.17, 15) is 14.4 Å². The van der Waals surface area contributed by atoms with E-state index in [1.54, 1.807) is 10.7 Å². The zero-order valence-electron chi connectivity index (χ0n) is 20.8. The van der Waals surface area contributed by atoms with Gasteiger partial charge in [0.25, 0.3) is 0 Å². The molecule has 3 aromatic rings. The Hall–Kier alpha value is -4.02.